The fourth-order valence-electron chi connectivity index (χ4n) is 3.22. The zero-order valence-corrected chi connectivity index (χ0v) is 16.1. The van der Waals surface area contributed by atoms with E-state index in [0.29, 0.717) is 0 Å². The van der Waals surface area contributed by atoms with Crippen molar-refractivity contribution in [2.45, 2.75) is 6.92 Å². The standard InChI is InChI=1S/C25H21N3O/c1-18-17-21(15-16-26-18)19-11-13-22(14-12-19)27-25(29)28-24-10-6-5-9-23(24)20-7-3-2-4-8-20/h2-17H,1H3,(H2,27,28,29). The fraction of sp³-hybridized carbons (Fsp3) is 0.0400. The lowest BCUT2D eigenvalue weighted by Gasteiger charge is -2.12. The van der Waals surface area contributed by atoms with Gasteiger partial charge in [0.05, 0.1) is 5.69 Å². The largest absolute Gasteiger partial charge is 0.323 e. The minimum atomic E-state index is -0.277. The summed E-state index contributed by atoms with van der Waals surface area (Å²) in [5.41, 5.74) is 6.68. The van der Waals surface area contributed by atoms with Gasteiger partial charge in [0, 0.05) is 23.1 Å². The van der Waals surface area contributed by atoms with Gasteiger partial charge in [0.1, 0.15) is 0 Å². The van der Waals surface area contributed by atoms with Crippen LogP contribution in [0.5, 0.6) is 0 Å². The summed E-state index contributed by atoms with van der Waals surface area (Å²) < 4.78 is 0. The molecule has 142 valence electrons. The van der Waals surface area contributed by atoms with Crippen LogP contribution in [0.4, 0.5) is 16.2 Å². The highest BCUT2D eigenvalue weighted by Gasteiger charge is 2.08. The molecule has 0 bridgehead atoms. The predicted molar refractivity (Wildman–Crippen MR) is 119 cm³/mol. The first kappa shape index (κ1) is 18.4. The molecular formula is C25H21N3O. The average molecular weight is 379 g/mol. The SMILES string of the molecule is Cc1cc(-c2ccc(NC(=O)Nc3ccccc3-c3ccccc3)cc2)ccn1. The van der Waals surface area contributed by atoms with Crippen LogP contribution in [0.3, 0.4) is 0 Å². The van der Waals surface area contributed by atoms with Gasteiger partial charge in [0.25, 0.3) is 0 Å². The Bertz CT molecular complexity index is 1120. The van der Waals surface area contributed by atoms with Crippen LogP contribution < -0.4 is 10.6 Å². The number of nitrogens with one attached hydrogen (secondary N) is 2. The molecule has 4 aromatic rings. The number of amides is 2. The van der Waals surface area contributed by atoms with Gasteiger partial charge in [-0.1, -0.05) is 60.7 Å². The van der Waals surface area contributed by atoms with E-state index >= 15 is 0 Å². The van der Waals surface area contributed by atoms with Crippen LogP contribution in [0.15, 0.2) is 97.2 Å². The minimum absolute atomic E-state index is 0.277. The number of hydrogen-bond acceptors (Lipinski definition) is 2. The molecule has 0 spiro atoms. The van der Waals surface area contributed by atoms with Gasteiger partial charge in [-0.15, -0.1) is 0 Å². The summed E-state index contributed by atoms with van der Waals surface area (Å²) in [7, 11) is 0. The molecule has 0 aliphatic rings. The van der Waals surface area contributed by atoms with Crippen LogP contribution in [0.2, 0.25) is 0 Å². The quantitative estimate of drug-likeness (QED) is 0.433. The molecule has 0 aliphatic heterocycles. The van der Waals surface area contributed by atoms with E-state index < -0.39 is 0 Å². The third kappa shape index (κ3) is 4.50. The Morgan fingerprint density at radius 2 is 1.45 bits per heavy atom. The topological polar surface area (TPSA) is 54.0 Å². The van der Waals surface area contributed by atoms with Crippen LogP contribution in [-0.4, -0.2) is 11.0 Å². The molecule has 29 heavy (non-hydrogen) atoms. The molecule has 4 nitrogen and oxygen atoms in total. The van der Waals surface area contributed by atoms with Gasteiger partial charge in [-0.3, -0.25) is 4.98 Å². The first-order valence-corrected chi connectivity index (χ1v) is 9.44. The Balaban J connectivity index is 1.47. The second-order valence-electron chi connectivity index (χ2n) is 6.75. The van der Waals surface area contributed by atoms with E-state index in [1.807, 2.05) is 97.9 Å². The van der Waals surface area contributed by atoms with Crippen molar-refractivity contribution in [3.8, 4) is 22.3 Å². The number of carbonyl (C=O) groups excluding carboxylic acids is 1. The summed E-state index contributed by atoms with van der Waals surface area (Å²) in [6.45, 7) is 1.97. The number of rotatable bonds is 4. The number of para-hydroxylation sites is 1. The summed E-state index contributed by atoms with van der Waals surface area (Å²) in [6.07, 6.45) is 1.80. The number of nitrogens with zero attached hydrogens (tertiary/aromatic N) is 1. The number of benzene rings is 3. The van der Waals surface area contributed by atoms with Gasteiger partial charge in [0.15, 0.2) is 0 Å². The number of aromatic nitrogens is 1. The lowest BCUT2D eigenvalue weighted by Crippen LogP contribution is -2.19. The molecule has 0 saturated carbocycles. The molecule has 0 saturated heterocycles. The van der Waals surface area contributed by atoms with E-state index in [1.54, 1.807) is 6.20 Å². The maximum Gasteiger partial charge on any atom is 0.323 e. The summed E-state index contributed by atoms with van der Waals surface area (Å²) in [6, 6.07) is 29.3. The van der Waals surface area contributed by atoms with Crippen molar-refractivity contribution in [2.75, 3.05) is 10.6 Å². The van der Waals surface area contributed by atoms with Crippen LogP contribution in [0.25, 0.3) is 22.3 Å². The summed E-state index contributed by atoms with van der Waals surface area (Å²) in [5, 5.41) is 5.85. The Hall–Kier alpha value is -3.92. The molecule has 0 fully saturated rings. The van der Waals surface area contributed by atoms with E-state index in [2.05, 4.69) is 15.6 Å². The first-order valence-electron chi connectivity index (χ1n) is 9.44. The summed E-state index contributed by atoms with van der Waals surface area (Å²) >= 11 is 0. The summed E-state index contributed by atoms with van der Waals surface area (Å²) in [5.74, 6) is 0. The Morgan fingerprint density at radius 1 is 0.724 bits per heavy atom. The van der Waals surface area contributed by atoms with Crippen molar-refractivity contribution in [3.05, 3.63) is 103 Å². The van der Waals surface area contributed by atoms with Gasteiger partial charge in [-0.05, 0) is 53.9 Å². The molecule has 2 N–H and O–H groups in total. The maximum absolute atomic E-state index is 12.5. The third-order valence-electron chi connectivity index (χ3n) is 4.63. The van der Waals surface area contributed by atoms with Crippen LogP contribution in [0.1, 0.15) is 5.69 Å². The normalized spacial score (nSPS) is 10.4. The Morgan fingerprint density at radius 3 is 2.21 bits per heavy atom. The first-order chi connectivity index (χ1) is 14.2. The monoisotopic (exact) mass is 379 g/mol. The fourth-order valence-corrected chi connectivity index (χ4v) is 3.22. The van der Waals surface area contributed by atoms with Crippen LogP contribution >= 0.6 is 0 Å². The van der Waals surface area contributed by atoms with E-state index in [1.165, 1.54) is 0 Å². The van der Waals surface area contributed by atoms with Crippen LogP contribution in [0, 0.1) is 6.92 Å². The number of hydrogen-bond donors (Lipinski definition) is 2. The van der Waals surface area contributed by atoms with E-state index in [9.17, 15) is 4.79 Å². The van der Waals surface area contributed by atoms with Crippen LogP contribution in [-0.2, 0) is 0 Å². The van der Waals surface area contributed by atoms with Gasteiger partial charge < -0.3 is 10.6 Å². The van der Waals surface area contributed by atoms with Crippen molar-refractivity contribution >= 4 is 17.4 Å². The van der Waals surface area contributed by atoms with Gasteiger partial charge in [0.2, 0.25) is 0 Å². The molecule has 4 heteroatoms. The number of carbonyl (C=O) groups is 1. The van der Waals surface area contributed by atoms with Crippen molar-refractivity contribution in [2.24, 2.45) is 0 Å². The molecule has 0 atom stereocenters. The predicted octanol–water partition coefficient (Wildman–Crippen LogP) is 6.37. The highest BCUT2D eigenvalue weighted by atomic mass is 16.2. The van der Waals surface area contributed by atoms with Gasteiger partial charge in [-0.2, -0.15) is 0 Å². The Kier molecular flexibility index (Phi) is 5.34. The smallest absolute Gasteiger partial charge is 0.308 e. The van der Waals surface area contributed by atoms with Crippen molar-refractivity contribution in [1.82, 2.24) is 4.98 Å². The minimum Gasteiger partial charge on any atom is -0.308 e. The second-order valence-corrected chi connectivity index (χ2v) is 6.75. The second kappa shape index (κ2) is 8.40. The number of anilines is 2. The molecule has 4 rings (SSSR count). The molecule has 0 unspecified atom stereocenters. The summed E-state index contributed by atoms with van der Waals surface area (Å²) in [4.78, 5) is 16.8. The molecule has 1 heterocycles. The number of aryl methyl sites for hydroxylation is 1. The van der Waals surface area contributed by atoms with E-state index in [0.717, 1.165) is 39.3 Å². The molecule has 1 aromatic heterocycles. The molecule has 0 aliphatic carbocycles. The molecule has 2 amide bonds. The molecule has 0 radical (unpaired) electrons. The maximum atomic E-state index is 12.5. The third-order valence-corrected chi connectivity index (χ3v) is 4.63. The molecular weight excluding hydrogens is 358 g/mol. The van der Waals surface area contributed by atoms with Gasteiger partial charge in [-0.25, -0.2) is 4.79 Å². The van der Waals surface area contributed by atoms with Crippen molar-refractivity contribution in [3.63, 3.8) is 0 Å². The van der Waals surface area contributed by atoms with Gasteiger partial charge >= 0.3 is 6.03 Å². The average Bonchev–Trinajstić information content (AvgIpc) is 2.75. The lowest BCUT2D eigenvalue weighted by atomic mass is 10.0. The number of pyridine rings is 1. The Labute approximate surface area is 170 Å². The highest BCUT2D eigenvalue weighted by Crippen LogP contribution is 2.28. The highest BCUT2D eigenvalue weighted by molar-refractivity contribution is 6.02. The van der Waals surface area contributed by atoms with Crippen molar-refractivity contribution < 1.29 is 4.79 Å². The zero-order chi connectivity index (χ0) is 20.1. The zero-order valence-electron chi connectivity index (χ0n) is 16.1. The van der Waals surface area contributed by atoms with E-state index in [-0.39, 0.29) is 6.03 Å². The lowest BCUT2D eigenvalue weighted by molar-refractivity contribution is 0.262. The van der Waals surface area contributed by atoms with E-state index in [4.69, 9.17) is 0 Å². The molecule has 3 aromatic carbocycles. The van der Waals surface area contributed by atoms with Crippen molar-refractivity contribution in [1.29, 1.82) is 0 Å². The number of urea groups is 1.